The zero-order valence-corrected chi connectivity index (χ0v) is 9.37. The lowest BCUT2D eigenvalue weighted by Crippen LogP contribution is -2.45. The molecule has 2 aliphatic rings. The van der Waals surface area contributed by atoms with E-state index in [4.69, 9.17) is 0 Å². The first-order chi connectivity index (χ1) is 7.34. The number of hydrogen-bond acceptors (Lipinski definition) is 1. The molecule has 1 aromatic rings. The highest BCUT2D eigenvalue weighted by Gasteiger charge is 2.33. The summed E-state index contributed by atoms with van der Waals surface area (Å²) in [4.78, 5) is 0. The van der Waals surface area contributed by atoms with Crippen molar-refractivity contribution in [3.63, 3.8) is 0 Å². The van der Waals surface area contributed by atoms with Crippen molar-refractivity contribution >= 4 is 0 Å². The van der Waals surface area contributed by atoms with Crippen LogP contribution in [-0.4, -0.2) is 12.6 Å². The molecule has 3 atom stereocenters. The van der Waals surface area contributed by atoms with Gasteiger partial charge in [0.1, 0.15) is 0 Å². The molecule has 0 radical (unpaired) electrons. The minimum Gasteiger partial charge on any atom is -0.313 e. The average molecular weight is 201 g/mol. The summed E-state index contributed by atoms with van der Waals surface area (Å²) in [5.74, 6) is 1.61. The van der Waals surface area contributed by atoms with Crippen LogP contribution < -0.4 is 5.32 Å². The van der Waals surface area contributed by atoms with Gasteiger partial charge in [0.15, 0.2) is 0 Å². The number of hydrogen-bond donors (Lipinski definition) is 1. The van der Waals surface area contributed by atoms with Gasteiger partial charge in [0.25, 0.3) is 0 Å². The van der Waals surface area contributed by atoms with E-state index < -0.39 is 0 Å². The molecule has 1 fully saturated rings. The SMILES string of the molecule is CC1CNC2CCc3ccccc3C2C1. The highest BCUT2D eigenvalue weighted by atomic mass is 14.9. The van der Waals surface area contributed by atoms with Crippen molar-refractivity contribution in [1.82, 2.24) is 5.32 Å². The third kappa shape index (κ3) is 1.59. The van der Waals surface area contributed by atoms with E-state index in [1.54, 1.807) is 11.1 Å². The van der Waals surface area contributed by atoms with Gasteiger partial charge >= 0.3 is 0 Å². The summed E-state index contributed by atoms with van der Waals surface area (Å²) in [6.45, 7) is 3.57. The van der Waals surface area contributed by atoms with E-state index in [0.29, 0.717) is 0 Å². The number of benzene rings is 1. The van der Waals surface area contributed by atoms with Gasteiger partial charge in [0, 0.05) is 6.04 Å². The Bertz CT molecular complexity index is 358. The zero-order valence-electron chi connectivity index (χ0n) is 9.37. The minimum atomic E-state index is 0.746. The van der Waals surface area contributed by atoms with E-state index in [-0.39, 0.29) is 0 Å². The lowest BCUT2D eigenvalue weighted by molar-refractivity contribution is 0.264. The van der Waals surface area contributed by atoms with Crippen molar-refractivity contribution in [1.29, 1.82) is 0 Å². The van der Waals surface area contributed by atoms with Crippen LogP contribution in [0.2, 0.25) is 0 Å². The van der Waals surface area contributed by atoms with E-state index >= 15 is 0 Å². The van der Waals surface area contributed by atoms with Crippen LogP contribution >= 0.6 is 0 Å². The topological polar surface area (TPSA) is 12.0 Å². The molecule has 0 spiro atoms. The van der Waals surface area contributed by atoms with Crippen LogP contribution in [-0.2, 0) is 6.42 Å². The molecule has 1 nitrogen and oxygen atoms in total. The monoisotopic (exact) mass is 201 g/mol. The zero-order chi connectivity index (χ0) is 10.3. The largest absolute Gasteiger partial charge is 0.313 e. The molecule has 15 heavy (non-hydrogen) atoms. The van der Waals surface area contributed by atoms with Crippen LogP contribution in [0, 0.1) is 5.92 Å². The number of fused-ring (bicyclic) bond motifs is 3. The molecule has 1 aliphatic heterocycles. The third-order valence-electron chi connectivity index (χ3n) is 4.05. The van der Waals surface area contributed by atoms with Crippen LogP contribution in [0.5, 0.6) is 0 Å². The molecule has 0 amide bonds. The molecule has 1 saturated heterocycles. The van der Waals surface area contributed by atoms with Gasteiger partial charge in [-0.2, -0.15) is 0 Å². The van der Waals surface area contributed by atoms with Gasteiger partial charge < -0.3 is 5.32 Å². The van der Waals surface area contributed by atoms with E-state index in [9.17, 15) is 0 Å². The maximum atomic E-state index is 3.71. The van der Waals surface area contributed by atoms with Crippen molar-refractivity contribution in [2.45, 2.75) is 38.1 Å². The molecule has 0 saturated carbocycles. The predicted molar refractivity (Wildman–Crippen MR) is 63.1 cm³/mol. The molecule has 1 N–H and O–H groups in total. The normalized spacial score (nSPS) is 34.3. The maximum absolute atomic E-state index is 3.71. The first kappa shape index (κ1) is 9.41. The Morgan fingerprint density at radius 3 is 3.07 bits per heavy atom. The molecule has 1 heterocycles. The fourth-order valence-electron chi connectivity index (χ4n) is 3.26. The first-order valence-electron chi connectivity index (χ1n) is 6.16. The quantitative estimate of drug-likeness (QED) is 0.680. The molecular formula is C14H19N. The summed E-state index contributed by atoms with van der Waals surface area (Å²) in [6, 6.07) is 9.77. The van der Waals surface area contributed by atoms with E-state index in [2.05, 4.69) is 36.5 Å². The van der Waals surface area contributed by atoms with Gasteiger partial charge in [-0.25, -0.2) is 0 Å². The van der Waals surface area contributed by atoms with Gasteiger partial charge in [-0.15, -0.1) is 0 Å². The summed E-state index contributed by atoms with van der Waals surface area (Å²) in [5, 5.41) is 3.71. The van der Waals surface area contributed by atoms with E-state index in [0.717, 1.165) is 17.9 Å². The number of nitrogens with one attached hydrogen (secondary N) is 1. The summed E-state index contributed by atoms with van der Waals surface area (Å²) < 4.78 is 0. The summed E-state index contributed by atoms with van der Waals surface area (Å²) in [6.07, 6.45) is 3.96. The van der Waals surface area contributed by atoms with Crippen LogP contribution in [0.15, 0.2) is 24.3 Å². The Morgan fingerprint density at radius 2 is 2.13 bits per heavy atom. The molecular weight excluding hydrogens is 182 g/mol. The van der Waals surface area contributed by atoms with Crippen molar-refractivity contribution in [3.05, 3.63) is 35.4 Å². The molecule has 3 unspecified atom stereocenters. The first-order valence-corrected chi connectivity index (χ1v) is 6.16. The third-order valence-corrected chi connectivity index (χ3v) is 4.05. The summed E-state index contributed by atoms with van der Waals surface area (Å²) >= 11 is 0. The predicted octanol–water partition coefficient (Wildman–Crippen LogP) is 2.71. The molecule has 1 heteroatoms. The lowest BCUT2D eigenvalue weighted by atomic mass is 9.73. The molecule has 1 aromatic carbocycles. The Hall–Kier alpha value is -0.820. The summed E-state index contributed by atoms with van der Waals surface area (Å²) in [7, 11) is 0. The smallest absolute Gasteiger partial charge is 0.0139 e. The second-order valence-corrected chi connectivity index (χ2v) is 5.20. The number of piperidine rings is 1. The van der Waals surface area contributed by atoms with Gasteiger partial charge in [-0.3, -0.25) is 0 Å². The second kappa shape index (κ2) is 3.64. The Labute approximate surface area is 91.9 Å². The van der Waals surface area contributed by atoms with Crippen LogP contribution in [0.4, 0.5) is 0 Å². The van der Waals surface area contributed by atoms with Crippen LogP contribution in [0.25, 0.3) is 0 Å². The number of aryl methyl sites for hydroxylation is 1. The molecule has 3 rings (SSSR count). The van der Waals surface area contributed by atoms with Crippen molar-refractivity contribution in [2.75, 3.05) is 6.54 Å². The van der Waals surface area contributed by atoms with E-state index in [1.807, 2.05) is 0 Å². The molecule has 0 bridgehead atoms. The van der Waals surface area contributed by atoms with Gasteiger partial charge in [0.05, 0.1) is 0 Å². The van der Waals surface area contributed by atoms with Crippen LogP contribution in [0.3, 0.4) is 0 Å². The van der Waals surface area contributed by atoms with Crippen LogP contribution in [0.1, 0.15) is 36.8 Å². The lowest BCUT2D eigenvalue weighted by Gasteiger charge is -2.40. The molecule has 80 valence electrons. The number of rotatable bonds is 0. The minimum absolute atomic E-state index is 0.746. The molecule has 1 aliphatic carbocycles. The van der Waals surface area contributed by atoms with Gasteiger partial charge in [-0.1, -0.05) is 31.2 Å². The molecule has 0 aromatic heterocycles. The van der Waals surface area contributed by atoms with Crippen molar-refractivity contribution in [2.24, 2.45) is 5.92 Å². The fourth-order valence-corrected chi connectivity index (χ4v) is 3.26. The highest BCUT2D eigenvalue weighted by Crippen LogP contribution is 2.38. The van der Waals surface area contributed by atoms with Crippen molar-refractivity contribution < 1.29 is 0 Å². The van der Waals surface area contributed by atoms with Gasteiger partial charge in [-0.05, 0) is 48.8 Å². The Kier molecular flexibility index (Phi) is 2.28. The second-order valence-electron chi connectivity index (χ2n) is 5.20. The van der Waals surface area contributed by atoms with Gasteiger partial charge in [0.2, 0.25) is 0 Å². The maximum Gasteiger partial charge on any atom is 0.0139 e. The average Bonchev–Trinajstić information content (AvgIpc) is 2.29. The standard InChI is InChI=1S/C14H19N/c1-10-8-13-12-5-3-2-4-11(12)6-7-14(13)15-9-10/h2-5,10,13-15H,6-9H2,1H3. The Morgan fingerprint density at radius 1 is 1.27 bits per heavy atom. The summed E-state index contributed by atoms with van der Waals surface area (Å²) in [5.41, 5.74) is 3.21. The van der Waals surface area contributed by atoms with Crippen molar-refractivity contribution in [3.8, 4) is 0 Å². The fraction of sp³-hybridized carbons (Fsp3) is 0.571. The highest BCUT2D eigenvalue weighted by molar-refractivity contribution is 5.34. The Balaban J connectivity index is 1.96. The van der Waals surface area contributed by atoms with E-state index in [1.165, 1.54) is 25.8 Å².